The highest BCUT2D eigenvalue weighted by atomic mass is 28.4. The highest BCUT2D eigenvalue weighted by Gasteiger charge is 2.36. The molecule has 0 atom stereocenters. The summed E-state index contributed by atoms with van der Waals surface area (Å²) in [5.41, 5.74) is 1.67. The van der Waals surface area contributed by atoms with Crippen molar-refractivity contribution >= 4 is 20.7 Å². The smallest absolute Gasteiger partial charge is 0.494 e. The summed E-state index contributed by atoms with van der Waals surface area (Å²) in [6, 6.07) is 14.0. The van der Waals surface area contributed by atoms with Crippen LogP contribution < -0.4 is 4.74 Å². The number of hydrogen-bond donors (Lipinski definition) is 0. The number of nitrogens with zero attached hydrogens (tertiary/aromatic N) is 2. The topological polar surface area (TPSA) is 62.2 Å². The Bertz CT molecular complexity index is 638. The summed E-state index contributed by atoms with van der Waals surface area (Å²) in [4.78, 5) is 8.59. The highest BCUT2D eigenvalue weighted by molar-refractivity contribution is 6.60. The maximum atomic E-state index is 5.74. The lowest BCUT2D eigenvalue weighted by Gasteiger charge is -2.24. The zero-order chi connectivity index (χ0) is 18.0. The lowest BCUT2D eigenvalue weighted by molar-refractivity contribution is 0.121. The summed E-state index contributed by atoms with van der Waals surface area (Å²) >= 11 is 0. The maximum Gasteiger partial charge on any atom is 0.500 e. The standard InChI is InChI=1S/C18H24N2O4Si/c1-21-25(22-2,23-3)14-6-13-24-18-10-8-16(9-11-18)20-15-17-7-4-5-12-19-17/h4-5,7-12,15H,6,13-14H2,1-3H3. The van der Waals surface area contributed by atoms with Crippen molar-refractivity contribution in [2.45, 2.75) is 12.5 Å². The summed E-state index contributed by atoms with van der Waals surface area (Å²) in [7, 11) is 2.33. The first-order valence-electron chi connectivity index (χ1n) is 8.05. The molecule has 2 rings (SSSR count). The van der Waals surface area contributed by atoms with Gasteiger partial charge in [-0.2, -0.15) is 0 Å². The molecule has 0 spiro atoms. The zero-order valence-electron chi connectivity index (χ0n) is 14.8. The number of aromatic nitrogens is 1. The highest BCUT2D eigenvalue weighted by Crippen LogP contribution is 2.19. The van der Waals surface area contributed by atoms with E-state index in [1.54, 1.807) is 33.7 Å². The van der Waals surface area contributed by atoms with Gasteiger partial charge < -0.3 is 18.0 Å². The molecule has 1 aromatic carbocycles. The number of benzene rings is 1. The van der Waals surface area contributed by atoms with Gasteiger partial charge in [0, 0.05) is 33.6 Å². The van der Waals surface area contributed by atoms with Crippen LogP contribution in [0.4, 0.5) is 5.69 Å². The van der Waals surface area contributed by atoms with Gasteiger partial charge in [-0.25, -0.2) is 0 Å². The Morgan fingerprint density at radius 3 is 2.32 bits per heavy atom. The number of aliphatic imine (C=N–C) groups is 1. The van der Waals surface area contributed by atoms with Crippen molar-refractivity contribution in [3.63, 3.8) is 0 Å². The average Bonchev–Trinajstić information content (AvgIpc) is 2.69. The Hall–Kier alpha value is -2.06. The van der Waals surface area contributed by atoms with Gasteiger partial charge >= 0.3 is 8.80 Å². The predicted molar refractivity (Wildman–Crippen MR) is 99.6 cm³/mol. The lowest BCUT2D eigenvalue weighted by Crippen LogP contribution is -2.42. The molecule has 1 heterocycles. The molecule has 0 fully saturated rings. The minimum Gasteiger partial charge on any atom is -0.494 e. The molecule has 1 aromatic heterocycles. The van der Waals surface area contributed by atoms with Crippen molar-refractivity contribution in [3.8, 4) is 5.75 Å². The zero-order valence-corrected chi connectivity index (χ0v) is 15.8. The first-order valence-corrected chi connectivity index (χ1v) is 9.98. The monoisotopic (exact) mass is 360 g/mol. The van der Waals surface area contributed by atoms with Crippen LogP contribution in [0.3, 0.4) is 0 Å². The van der Waals surface area contributed by atoms with E-state index < -0.39 is 8.80 Å². The van der Waals surface area contributed by atoms with Gasteiger partial charge in [0.2, 0.25) is 0 Å². The Kier molecular flexibility index (Phi) is 7.74. The van der Waals surface area contributed by atoms with Crippen LogP contribution in [-0.2, 0) is 13.3 Å². The largest absolute Gasteiger partial charge is 0.500 e. The number of pyridine rings is 1. The van der Waals surface area contributed by atoms with E-state index in [2.05, 4.69) is 9.98 Å². The Labute approximate surface area is 149 Å². The second kappa shape index (κ2) is 10.0. The molecule has 0 N–H and O–H groups in total. The van der Waals surface area contributed by atoms with Crippen molar-refractivity contribution < 1.29 is 18.0 Å². The van der Waals surface area contributed by atoms with E-state index in [0.717, 1.165) is 23.6 Å². The van der Waals surface area contributed by atoms with Gasteiger partial charge in [-0.15, -0.1) is 0 Å². The third-order valence-corrected chi connectivity index (χ3v) is 6.53. The summed E-state index contributed by atoms with van der Waals surface area (Å²) < 4.78 is 21.9. The molecule has 25 heavy (non-hydrogen) atoms. The normalized spacial score (nSPS) is 11.8. The van der Waals surface area contributed by atoms with Crippen LogP contribution in [0.25, 0.3) is 0 Å². The summed E-state index contributed by atoms with van der Waals surface area (Å²) in [6.07, 6.45) is 4.27. The molecule has 0 radical (unpaired) electrons. The fraction of sp³-hybridized carbons (Fsp3) is 0.333. The molecule has 0 bridgehead atoms. The minimum atomic E-state index is -2.51. The summed E-state index contributed by atoms with van der Waals surface area (Å²) in [6.45, 7) is 0.571. The van der Waals surface area contributed by atoms with Crippen molar-refractivity contribution in [2.75, 3.05) is 27.9 Å². The van der Waals surface area contributed by atoms with Crippen LogP contribution in [0.15, 0.2) is 53.7 Å². The van der Waals surface area contributed by atoms with E-state index in [9.17, 15) is 0 Å². The van der Waals surface area contributed by atoms with Crippen LogP contribution in [0.5, 0.6) is 5.75 Å². The first-order chi connectivity index (χ1) is 12.2. The van der Waals surface area contributed by atoms with E-state index >= 15 is 0 Å². The molecule has 0 saturated carbocycles. The summed E-state index contributed by atoms with van der Waals surface area (Å²) in [5, 5.41) is 0. The van der Waals surface area contributed by atoms with Gasteiger partial charge in [-0.1, -0.05) is 6.07 Å². The lowest BCUT2D eigenvalue weighted by atomic mass is 10.3. The van der Waals surface area contributed by atoms with Gasteiger partial charge in [0.25, 0.3) is 0 Å². The van der Waals surface area contributed by atoms with Crippen LogP contribution in [-0.4, -0.2) is 47.9 Å². The van der Waals surface area contributed by atoms with Crippen LogP contribution >= 0.6 is 0 Å². The van der Waals surface area contributed by atoms with Gasteiger partial charge in [0.15, 0.2) is 0 Å². The van der Waals surface area contributed by atoms with E-state index in [0.29, 0.717) is 12.7 Å². The molecular weight excluding hydrogens is 336 g/mol. The quantitative estimate of drug-likeness (QED) is 0.369. The van der Waals surface area contributed by atoms with Crippen LogP contribution in [0, 0.1) is 0 Å². The van der Waals surface area contributed by atoms with Gasteiger partial charge in [-0.05, 0) is 42.8 Å². The fourth-order valence-electron chi connectivity index (χ4n) is 2.26. The molecule has 0 unspecified atom stereocenters. The molecule has 0 aliphatic heterocycles. The molecule has 0 amide bonds. The summed E-state index contributed by atoms with van der Waals surface area (Å²) in [5.74, 6) is 0.802. The van der Waals surface area contributed by atoms with Gasteiger partial charge in [0.1, 0.15) is 5.75 Å². The van der Waals surface area contributed by atoms with Crippen molar-refractivity contribution in [1.29, 1.82) is 0 Å². The van der Waals surface area contributed by atoms with Gasteiger partial charge in [0.05, 0.1) is 24.2 Å². The Balaban J connectivity index is 1.80. The van der Waals surface area contributed by atoms with Crippen LogP contribution in [0.1, 0.15) is 12.1 Å². The molecule has 2 aromatic rings. The van der Waals surface area contributed by atoms with E-state index in [1.165, 1.54) is 0 Å². The molecule has 0 aliphatic carbocycles. The number of ether oxygens (including phenoxy) is 1. The second-order valence-corrected chi connectivity index (χ2v) is 8.34. The van der Waals surface area contributed by atoms with E-state index in [1.807, 2.05) is 42.5 Å². The molecule has 134 valence electrons. The second-order valence-electron chi connectivity index (χ2n) is 5.25. The third-order valence-electron chi connectivity index (χ3n) is 3.70. The Morgan fingerprint density at radius 1 is 1.00 bits per heavy atom. The SMILES string of the molecule is CO[Si](CCCOc1ccc(N=Cc2ccccn2)cc1)(OC)OC. The molecular formula is C18H24N2O4Si. The van der Waals surface area contributed by atoms with Gasteiger partial charge in [-0.3, -0.25) is 9.98 Å². The Morgan fingerprint density at radius 2 is 1.72 bits per heavy atom. The molecule has 0 saturated heterocycles. The number of hydrogen-bond acceptors (Lipinski definition) is 6. The minimum absolute atomic E-state index is 0.571. The van der Waals surface area contributed by atoms with Crippen LogP contribution in [0.2, 0.25) is 6.04 Å². The molecule has 7 heteroatoms. The van der Waals surface area contributed by atoms with Crippen molar-refractivity contribution in [2.24, 2.45) is 4.99 Å². The fourth-order valence-corrected chi connectivity index (χ4v) is 3.95. The number of rotatable bonds is 10. The predicted octanol–water partition coefficient (Wildman–Crippen LogP) is 3.48. The molecule has 0 aliphatic rings. The van der Waals surface area contributed by atoms with Crippen molar-refractivity contribution in [1.82, 2.24) is 4.98 Å². The third kappa shape index (κ3) is 6.06. The maximum absolute atomic E-state index is 5.74. The van der Waals surface area contributed by atoms with Crippen molar-refractivity contribution in [3.05, 3.63) is 54.4 Å². The van der Waals surface area contributed by atoms with E-state index in [-0.39, 0.29) is 0 Å². The van der Waals surface area contributed by atoms with E-state index in [4.69, 9.17) is 18.0 Å². The average molecular weight is 360 g/mol. The first kappa shape index (κ1) is 19.3. The molecule has 6 nitrogen and oxygen atoms in total.